The molecule has 0 spiro atoms. The summed E-state index contributed by atoms with van der Waals surface area (Å²) in [6.07, 6.45) is 0. The Labute approximate surface area is 143 Å². The van der Waals surface area contributed by atoms with Crippen LogP contribution in [0, 0.1) is 10.1 Å². The molecule has 0 unspecified atom stereocenters. The van der Waals surface area contributed by atoms with E-state index >= 15 is 0 Å². The molecule has 6 nitrogen and oxygen atoms in total. The van der Waals surface area contributed by atoms with Gasteiger partial charge in [-0.2, -0.15) is 0 Å². The zero-order valence-corrected chi connectivity index (χ0v) is 14.2. The summed E-state index contributed by atoms with van der Waals surface area (Å²) in [5.41, 5.74) is 0.388. The number of non-ortho nitro benzene ring substituents is 1. The predicted molar refractivity (Wildman–Crippen MR) is 88.3 cm³/mol. The molecular formula is C14H12Cl2N2O4S. The summed E-state index contributed by atoms with van der Waals surface area (Å²) in [6.45, 7) is 1.64. The Morgan fingerprint density at radius 1 is 1.13 bits per heavy atom. The molecule has 0 aliphatic rings. The van der Waals surface area contributed by atoms with E-state index in [1.54, 1.807) is 19.1 Å². The molecule has 1 atom stereocenters. The molecule has 0 saturated carbocycles. The molecule has 0 aliphatic heterocycles. The van der Waals surface area contributed by atoms with Gasteiger partial charge in [0.05, 0.1) is 9.82 Å². The maximum Gasteiger partial charge on any atom is 0.269 e. The van der Waals surface area contributed by atoms with Crippen molar-refractivity contribution in [3.05, 3.63) is 68.2 Å². The Morgan fingerprint density at radius 3 is 2.26 bits per heavy atom. The van der Waals surface area contributed by atoms with Gasteiger partial charge < -0.3 is 0 Å². The lowest BCUT2D eigenvalue weighted by molar-refractivity contribution is -0.384. The number of nitrogens with one attached hydrogen (secondary N) is 1. The fourth-order valence-electron chi connectivity index (χ4n) is 1.96. The largest absolute Gasteiger partial charge is 0.269 e. The highest BCUT2D eigenvalue weighted by molar-refractivity contribution is 7.89. The van der Waals surface area contributed by atoms with Crippen molar-refractivity contribution < 1.29 is 13.3 Å². The third kappa shape index (κ3) is 4.20. The van der Waals surface area contributed by atoms with Gasteiger partial charge in [0.25, 0.3) is 5.69 Å². The molecule has 1 N–H and O–H groups in total. The van der Waals surface area contributed by atoms with Crippen LogP contribution in [0.3, 0.4) is 0 Å². The van der Waals surface area contributed by atoms with Crippen LogP contribution in [0.15, 0.2) is 47.4 Å². The van der Waals surface area contributed by atoms with E-state index < -0.39 is 21.0 Å². The van der Waals surface area contributed by atoms with E-state index in [1.807, 2.05) is 0 Å². The van der Waals surface area contributed by atoms with E-state index in [2.05, 4.69) is 4.72 Å². The summed E-state index contributed by atoms with van der Waals surface area (Å²) in [6, 6.07) is 8.79. The summed E-state index contributed by atoms with van der Waals surface area (Å²) in [7, 11) is -3.84. The first kappa shape index (κ1) is 17.7. The van der Waals surface area contributed by atoms with Crippen LogP contribution in [0.1, 0.15) is 18.5 Å². The minimum Gasteiger partial charge on any atom is -0.258 e. The van der Waals surface area contributed by atoms with E-state index in [0.29, 0.717) is 15.6 Å². The van der Waals surface area contributed by atoms with E-state index in [0.717, 1.165) is 12.1 Å². The number of sulfonamides is 1. The Morgan fingerprint density at radius 2 is 1.74 bits per heavy atom. The predicted octanol–water partition coefficient (Wildman–Crippen LogP) is 3.94. The number of nitro groups is 1. The lowest BCUT2D eigenvalue weighted by atomic mass is 10.1. The molecule has 0 aliphatic carbocycles. The number of benzene rings is 2. The molecule has 2 rings (SSSR count). The molecule has 0 bridgehead atoms. The van der Waals surface area contributed by atoms with E-state index in [1.165, 1.54) is 18.2 Å². The summed E-state index contributed by atoms with van der Waals surface area (Å²) >= 11 is 11.9. The van der Waals surface area contributed by atoms with Crippen molar-refractivity contribution in [2.24, 2.45) is 0 Å². The lowest BCUT2D eigenvalue weighted by Gasteiger charge is -2.16. The van der Waals surface area contributed by atoms with Crippen LogP contribution in [0.4, 0.5) is 5.69 Å². The third-order valence-corrected chi connectivity index (χ3v) is 5.24. The maximum absolute atomic E-state index is 12.3. The highest BCUT2D eigenvalue weighted by Gasteiger charge is 2.20. The second-order valence-corrected chi connectivity index (χ2v) is 7.32. The molecule has 0 amide bonds. The monoisotopic (exact) mass is 374 g/mol. The van der Waals surface area contributed by atoms with Gasteiger partial charge in [-0.3, -0.25) is 10.1 Å². The fraction of sp³-hybridized carbons (Fsp3) is 0.143. The second kappa shape index (κ2) is 6.84. The topological polar surface area (TPSA) is 89.3 Å². The van der Waals surface area contributed by atoms with Crippen LogP contribution < -0.4 is 4.72 Å². The average Bonchev–Trinajstić information content (AvgIpc) is 2.46. The Bertz CT molecular complexity index is 838. The maximum atomic E-state index is 12.3. The highest BCUT2D eigenvalue weighted by Crippen LogP contribution is 2.27. The minimum atomic E-state index is -3.84. The standard InChI is InChI=1S/C14H12Cl2N2O4S/c1-9(13-7-2-10(15)8-14(13)16)17-23(21,22)12-5-3-11(4-6-12)18(19)20/h2-9,17H,1H3/t9-/m0/s1. The normalized spacial score (nSPS) is 12.8. The van der Waals surface area contributed by atoms with Crippen molar-refractivity contribution in [3.63, 3.8) is 0 Å². The number of halogens is 2. The quantitative estimate of drug-likeness (QED) is 0.633. The molecule has 0 fully saturated rings. The van der Waals surface area contributed by atoms with Gasteiger partial charge in [0, 0.05) is 28.2 Å². The van der Waals surface area contributed by atoms with E-state index in [4.69, 9.17) is 23.2 Å². The van der Waals surface area contributed by atoms with Crippen LogP contribution in [0.2, 0.25) is 10.0 Å². The van der Waals surface area contributed by atoms with Crippen molar-refractivity contribution in [1.29, 1.82) is 0 Å². The molecule has 2 aromatic carbocycles. The van der Waals surface area contributed by atoms with Gasteiger partial charge in [-0.15, -0.1) is 0 Å². The molecule has 9 heteroatoms. The van der Waals surface area contributed by atoms with Crippen LogP contribution >= 0.6 is 23.2 Å². The van der Waals surface area contributed by atoms with Crippen LogP contribution in [-0.2, 0) is 10.0 Å². The fourth-order valence-corrected chi connectivity index (χ4v) is 3.76. The smallest absolute Gasteiger partial charge is 0.258 e. The third-order valence-electron chi connectivity index (χ3n) is 3.12. The molecule has 0 heterocycles. The first-order chi connectivity index (χ1) is 10.7. The molecule has 23 heavy (non-hydrogen) atoms. The Kier molecular flexibility index (Phi) is 5.26. The number of nitro benzene ring substituents is 1. The van der Waals surface area contributed by atoms with Gasteiger partial charge >= 0.3 is 0 Å². The van der Waals surface area contributed by atoms with Gasteiger partial charge in [-0.1, -0.05) is 29.3 Å². The summed E-state index contributed by atoms with van der Waals surface area (Å²) in [5, 5.41) is 11.4. The van der Waals surface area contributed by atoms with Crippen LogP contribution in [0.5, 0.6) is 0 Å². The van der Waals surface area contributed by atoms with Gasteiger partial charge in [0.1, 0.15) is 0 Å². The van der Waals surface area contributed by atoms with Crippen molar-refractivity contribution in [2.75, 3.05) is 0 Å². The first-order valence-electron chi connectivity index (χ1n) is 6.42. The number of hydrogen-bond donors (Lipinski definition) is 1. The van der Waals surface area contributed by atoms with Crippen molar-refractivity contribution in [3.8, 4) is 0 Å². The van der Waals surface area contributed by atoms with E-state index in [-0.39, 0.29) is 10.6 Å². The lowest BCUT2D eigenvalue weighted by Crippen LogP contribution is -2.27. The minimum absolute atomic E-state index is 0.0694. The molecular weight excluding hydrogens is 363 g/mol. The van der Waals surface area contributed by atoms with Crippen molar-refractivity contribution >= 4 is 38.9 Å². The van der Waals surface area contributed by atoms with Crippen molar-refractivity contribution in [1.82, 2.24) is 4.72 Å². The Hall–Kier alpha value is -1.67. The molecule has 0 radical (unpaired) electrons. The first-order valence-corrected chi connectivity index (χ1v) is 8.66. The molecule has 122 valence electrons. The molecule has 0 saturated heterocycles. The average molecular weight is 375 g/mol. The second-order valence-electron chi connectivity index (χ2n) is 4.76. The SMILES string of the molecule is C[C@H](NS(=O)(=O)c1ccc([N+](=O)[O-])cc1)c1ccc(Cl)cc1Cl. The summed E-state index contributed by atoms with van der Waals surface area (Å²) in [5.74, 6) is 0. The van der Waals surface area contributed by atoms with Gasteiger partial charge in [0.15, 0.2) is 0 Å². The number of nitrogens with zero attached hydrogens (tertiary/aromatic N) is 1. The van der Waals surface area contributed by atoms with Gasteiger partial charge in [-0.05, 0) is 36.8 Å². The Balaban J connectivity index is 2.24. The van der Waals surface area contributed by atoms with E-state index in [9.17, 15) is 18.5 Å². The highest BCUT2D eigenvalue weighted by atomic mass is 35.5. The number of rotatable bonds is 5. The zero-order valence-electron chi connectivity index (χ0n) is 11.9. The van der Waals surface area contributed by atoms with Crippen LogP contribution in [-0.4, -0.2) is 13.3 Å². The van der Waals surface area contributed by atoms with Gasteiger partial charge in [-0.25, -0.2) is 13.1 Å². The van der Waals surface area contributed by atoms with Crippen molar-refractivity contribution in [2.45, 2.75) is 17.9 Å². The molecule has 2 aromatic rings. The summed E-state index contributed by atoms with van der Waals surface area (Å²) in [4.78, 5) is 9.94. The van der Waals surface area contributed by atoms with Crippen LogP contribution in [0.25, 0.3) is 0 Å². The molecule has 0 aromatic heterocycles. The van der Waals surface area contributed by atoms with Gasteiger partial charge in [0.2, 0.25) is 10.0 Å². The zero-order chi connectivity index (χ0) is 17.2. The number of hydrogen-bond acceptors (Lipinski definition) is 4. The summed E-state index contributed by atoms with van der Waals surface area (Å²) < 4.78 is 27.1.